The van der Waals surface area contributed by atoms with Gasteiger partial charge in [-0.2, -0.15) is 10.1 Å². The minimum Gasteiger partial charge on any atom is -0.334 e. The first-order valence-corrected chi connectivity index (χ1v) is 8.05. The van der Waals surface area contributed by atoms with Gasteiger partial charge in [-0.25, -0.2) is 0 Å². The van der Waals surface area contributed by atoms with Gasteiger partial charge in [0, 0.05) is 17.3 Å². The van der Waals surface area contributed by atoms with Gasteiger partial charge in [-0.1, -0.05) is 53.2 Å². The lowest BCUT2D eigenvalue weighted by molar-refractivity contribution is 0.103. The second-order valence-corrected chi connectivity index (χ2v) is 5.77. The molecule has 6 heteroatoms. The van der Waals surface area contributed by atoms with E-state index in [0.29, 0.717) is 28.2 Å². The van der Waals surface area contributed by atoms with E-state index in [2.05, 4.69) is 20.3 Å². The van der Waals surface area contributed by atoms with E-state index in [9.17, 15) is 4.79 Å². The lowest BCUT2D eigenvalue weighted by atomic mass is 9.97. The summed E-state index contributed by atoms with van der Waals surface area (Å²) in [6.45, 7) is 1.98. The molecule has 0 atom stereocenters. The SMILES string of the molecule is Cc1ccc(C(=O)c2ccccc2-c2nc(-c3cccnn3)no2)cc1. The summed E-state index contributed by atoms with van der Waals surface area (Å²) in [5, 5.41) is 11.7. The second-order valence-electron chi connectivity index (χ2n) is 5.77. The van der Waals surface area contributed by atoms with Crippen LogP contribution in [0.5, 0.6) is 0 Å². The fourth-order valence-corrected chi connectivity index (χ4v) is 2.59. The van der Waals surface area contributed by atoms with Crippen LogP contribution in [-0.4, -0.2) is 26.1 Å². The molecule has 4 aromatic rings. The number of ketones is 1. The molecule has 0 aliphatic carbocycles. The number of hydrogen-bond donors (Lipinski definition) is 0. The number of nitrogens with zero attached hydrogens (tertiary/aromatic N) is 4. The molecule has 26 heavy (non-hydrogen) atoms. The van der Waals surface area contributed by atoms with Gasteiger partial charge < -0.3 is 4.52 Å². The summed E-state index contributed by atoms with van der Waals surface area (Å²) in [6, 6.07) is 18.1. The van der Waals surface area contributed by atoms with Crippen molar-refractivity contribution >= 4 is 5.78 Å². The molecule has 126 valence electrons. The highest BCUT2D eigenvalue weighted by atomic mass is 16.5. The minimum atomic E-state index is -0.0974. The van der Waals surface area contributed by atoms with Crippen LogP contribution < -0.4 is 0 Å². The normalized spacial score (nSPS) is 10.7. The van der Waals surface area contributed by atoms with Crippen LogP contribution in [0.25, 0.3) is 23.0 Å². The van der Waals surface area contributed by atoms with Gasteiger partial charge in [-0.15, -0.1) is 5.10 Å². The molecule has 2 aromatic carbocycles. The lowest BCUT2D eigenvalue weighted by Gasteiger charge is -2.05. The van der Waals surface area contributed by atoms with Crippen LogP contribution in [0, 0.1) is 6.92 Å². The van der Waals surface area contributed by atoms with Crippen molar-refractivity contribution in [2.45, 2.75) is 6.92 Å². The maximum Gasteiger partial charge on any atom is 0.259 e. The van der Waals surface area contributed by atoms with Crippen molar-refractivity contribution in [1.82, 2.24) is 20.3 Å². The zero-order valence-electron chi connectivity index (χ0n) is 14.0. The number of carbonyl (C=O) groups excluding carboxylic acids is 1. The van der Waals surface area contributed by atoms with Crippen molar-refractivity contribution in [2.24, 2.45) is 0 Å². The molecule has 0 amide bonds. The van der Waals surface area contributed by atoms with Crippen molar-refractivity contribution in [1.29, 1.82) is 0 Å². The molecule has 0 fully saturated rings. The van der Waals surface area contributed by atoms with Gasteiger partial charge in [0.2, 0.25) is 5.82 Å². The van der Waals surface area contributed by atoms with E-state index < -0.39 is 0 Å². The molecule has 2 heterocycles. The molecule has 0 saturated carbocycles. The number of rotatable bonds is 4. The zero-order valence-corrected chi connectivity index (χ0v) is 14.0. The molecule has 6 nitrogen and oxygen atoms in total. The molecular weight excluding hydrogens is 328 g/mol. The predicted molar refractivity (Wildman–Crippen MR) is 95.4 cm³/mol. The Balaban J connectivity index is 1.74. The summed E-state index contributed by atoms with van der Waals surface area (Å²) in [4.78, 5) is 17.3. The van der Waals surface area contributed by atoms with Crippen molar-refractivity contribution in [2.75, 3.05) is 0 Å². The van der Waals surface area contributed by atoms with E-state index in [0.717, 1.165) is 5.56 Å². The fourth-order valence-electron chi connectivity index (χ4n) is 2.59. The van der Waals surface area contributed by atoms with Crippen molar-refractivity contribution in [3.63, 3.8) is 0 Å². The first-order chi connectivity index (χ1) is 12.7. The summed E-state index contributed by atoms with van der Waals surface area (Å²) < 4.78 is 5.37. The molecule has 2 aromatic heterocycles. The number of carbonyl (C=O) groups is 1. The Morgan fingerprint density at radius 3 is 2.54 bits per heavy atom. The van der Waals surface area contributed by atoms with E-state index >= 15 is 0 Å². The van der Waals surface area contributed by atoms with Crippen LogP contribution >= 0.6 is 0 Å². The maximum absolute atomic E-state index is 12.9. The van der Waals surface area contributed by atoms with Gasteiger partial charge in [-0.05, 0) is 25.1 Å². The van der Waals surface area contributed by atoms with Crippen LogP contribution in [0.4, 0.5) is 0 Å². The summed E-state index contributed by atoms with van der Waals surface area (Å²) in [6.07, 6.45) is 1.57. The maximum atomic E-state index is 12.9. The number of hydrogen-bond acceptors (Lipinski definition) is 6. The Morgan fingerprint density at radius 1 is 0.962 bits per heavy atom. The van der Waals surface area contributed by atoms with Crippen molar-refractivity contribution in [3.05, 3.63) is 83.6 Å². The smallest absolute Gasteiger partial charge is 0.259 e. The molecule has 0 aliphatic heterocycles. The highest BCUT2D eigenvalue weighted by Gasteiger charge is 2.19. The van der Waals surface area contributed by atoms with Crippen LogP contribution in [-0.2, 0) is 0 Å². The van der Waals surface area contributed by atoms with Gasteiger partial charge in [0.25, 0.3) is 5.89 Å². The third-order valence-corrected chi connectivity index (χ3v) is 3.94. The average molecular weight is 342 g/mol. The Bertz CT molecular complexity index is 1060. The Kier molecular flexibility index (Phi) is 4.07. The van der Waals surface area contributed by atoms with E-state index in [1.54, 1.807) is 30.5 Å². The van der Waals surface area contributed by atoms with Crippen LogP contribution in [0.2, 0.25) is 0 Å². The van der Waals surface area contributed by atoms with Crippen molar-refractivity contribution < 1.29 is 9.32 Å². The largest absolute Gasteiger partial charge is 0.334 e. The van der Waals surface area contributed by atoms with Crippen molar-refractivity contribution in [3.8, 4) is 23.0 Å². The molecule has 0 radical (unpaired) electrons. The molecule has 0 spiro atoms. The van der Waals surface area contributed by atoms with Crippen LogP contribution in [0.3, 0.4) is 0 Å². The van der Waals surface area contributed by atoms with Gasteiger partial charge >= 0.3 is 0 Å². The highest BCUT2D eigenvalue weighted by molar-refractivity contribution is 6.12. The Morgan fingerprint density at radius 2 is 1.77 bits per heavy atom. The molecule has 0 saturated heterocycles. The third kappa shape index (κ3) is 3.00. The van der Waals surface area contributed by atoms with Gasteiger partial charge in [0.05, 0.1) is 5.56 Å². The summed E-state index contributed by atoms with van der Waals surface area (Å²) >= 11 is 0. The van der Waals surface area contributed by atoms with Crippen LogP contribution in [0.1, 0.15) is 21.5 Å². The first kappa shape index (κ1) is 15.8. The summed E-state index contributed by atoms with van der Waals surface area (Å²) in [7, 11) is 0. The van der Waals surface area contributed by atoms with Crippen LogP contribution in [0.15, 0.2) is 71.4 Å². The molecule has 0 unspecified atom stereocenters. The Labute approximate surface area is 149 Å². The number of aromatic nitrogens is 4. The second kappa shape index (κ2) is 6.68. The quantitative estimate of drug-likeness (QED) is 0.526. The fraction of sp³-hybridized carbons (Fsp3) is 0.0500. The summed E-state index contributed by atoms with van der Waals surface area (Å²) in [5.41, 5.74) is 3.30. The molecule has 0 N–H and O–H groups in total. The van der Waals surface area contributed by atoms with E-state index in [1.165, 1.54) is 0 Å². The van der Waals surface area contributed by atoms with E-state index in [4.69, 9.17) is 4.52 Å². The number of aryl methyl sites for hydroxylation is 1. The topological polar surface area (TPSA) is 81.8 Å². The molecule has 0 aliphatic rings. The predicted octanol–water partition coefficient (Wildman–Crippen LogP) is 3.73. The van der Waals surface area contributed by atoms with E-state index in [-0.39, 0.29) is 11.7 Å². The highest BCUT2D eigenvalue weighted by Crippen LogP contribution is 2.26. The third-order valence-electron chi connectivity index (χ3n) is 3.94. The molecular formula is C20H14N4O2. The Hall–Kier alpha value is -3.67. The van der Waals surface area contributed by atoms with Gasteiger partial charge in [0.1, 0.15) is 5.69 Å². The lowest BCUT2D eigenvalue weighted by Crippen LogP contribution is -2.03. The minimum absolute atomic E-state index is 0.0974. The van der Waals surface area contributed by atoms with Gasteiger partial charge in [-0.3, -0.25) is 4.79 Å². The first-order valence-electron chi connectivity index (χ1n) is 8.05. The zero-order chi connectivity index (χ0) is 17.9. The van der Waals surface area contributed by atoms with E-state index in [1.807, 2.05) is 43.3 Å². The monoisotopic (exact) mass is 342 g/mol. The molecule has 4 rings (SSSR count). The summed E-state index contributed by atoms with van der Waals surface area (Å²) in [5.74, 6) is 0.493. The average Bonchev–Trinajstić information content (AvgIpc) is 3.19. The standard InChI is InChI=1S/C20H14N4O2/c1-13-8-10-14(11-9-13)18(25)15-5-2-3-6-16(15)20-22-19(24-26-20)17-7-4-12-21-23-17/h2-12H,1H3. The molecule has 0 bridgehead atoms. The van der Waals surface area contributed by atoms with Gasteiger partial charge in [0.15, 0.2) is 5.78 Å². The number of benzene rings is 2.